The summed E-state index contributed by atoms with van der Waals surface area (Å²) < 4.78 is 0. The van der Waals surface area contributed by atoms with Crippen LogP contribution in [0.5, 0.6) is 0 Å². The van der Waals surface area contributed by atoms with Gasteiger partial charge in [-0.15, -0.1) is 0 Å². The molecule has 0 bridgehead atoms. The van der Waals surface area contributed by atoms with Crippen LogP contribution < -0.4 is 10.6 Å². The van der Waals surface area contributed by atoms with Crippen molar-refractivity contribution in [3.8, 4) is 0 Å². The van der Waals surface area contributed by atoms with E-state index in [1.54, 1.807) is 24.3 Å². The van der Waals surface area contributed by atoms with E-state index in [9.17, 15) is 14.9 Å². The number of hydrogen-bond donors (Lipinski definition) is 3. The average molecular weight is 331 g/mol. The smallest absolute Gasteiger partial charge is 0.292 e. The Hall–Kier alpha value is -2.90. The van der Waals surface area contributed by atoms with Crippen LogP contribution in [0, 0.1) is 16.0 Å². The molecule has 0 aliphatic rings. The highest BCUT2D eigenvalue weighted by molar-refractivity contribution is 5.92. The normalized spacial score (nSPS) is 10.6. The number of para-hydroxylation sites is 2. The lowest BCUT2D eigenvalue weighted by Gasteiger charge is -2.07. The Balaban J connectivity index is 1.81. The summed E-state index contributed by atoms with van der Waals surface area (Å²) in [6.45, 7) is 4.89. The number of anilines is 1. The van der Waals surface area contributed by atoms with Crippen LogP contribution >= 0.6 is 0 Å². The van der Waals surface area contributed by atoms with E-state index < -0.39 is 4.92 Å². The minimum Gasteiger partial charge on any atom is -0.378 e. The molecular formula is C16H21N5O3. The molecule has 3 N–H and O–H groups in total. The number of nitro benzene ring substituents is 1. The second-order valence-corrected chi connectivity index (χ2v) is 5.83. The molecule has 2 aromatic rings. The van der Waals surface area contributed by atoms with Gasteiger partial charge >= 0.3 is 0 Å². The van der Waals surface area contributed by atoms with E-state index in [4.69, 9.17) is 0 Å². The summed E-state index contributed by atoms with van der Waals surface area (Å²) in [7, 11) is 0. The van der Waals surface area contributed by atoms with Gasteiger partial charge in [0.15, 0.2) is 0 Å². The van der Waals surface area contributed by atoms with Gasteiger partial charge in [-0.05, 0) is 24.5 Å². The van der Waals surface area contributed by atoms with E-state index in [1.807, 2.05) is 0 Å². The number of amides is 1. The first-order valence-electron chi connectivity index (χ1n) is 7.77. The van der Waals surface area contributed by atoms with E-state index in [0.717, 1.165) is 12.1 Å². The van der Waals surface area contributed by atoms with E-state index in [-0.39, 0.29) is 11.6 Å². The number of carbonyl (C=O) groups is 1. The molecule has 0 atom stereocenters. The first-order chi connectivity index (χ1) is 11.5. The van der Waals surface area contributed by atoms with Crippen LogP contribution in [0.1, 0.15) is 30.0 Å². The van der Waals surface area contributed by atoms with Crippen LogP contribution in [0.2, 0.25) is 0 Å². The second-order valence-electron chi connectivity index (χ2n) is 5.83. The summed E-state index contributed by atoms with van der Waals surface area (Å²) in [5.74, 6) is 0.206. The molecule has 0 aliphatic heterocycles. The van der Waals surface area contributed by atoms with Gasteiger partial charge in [-0.2, -0.15) is 5.10 Å². The molecule has 128 valence electrons. The summed E-state index contributed by atoms with van der Waals surface area (Å²) in [6, 6.07) is 8.13. The van der Waals surface area contributed by atoms with Gasteiger partial charge in [-0.25, -0.2) is 0 Å². The molecule has 0 fully saturated rings. The maximum absolute atomic E-state index is 12.0. The zero-order valence-electron chi connectivity index (χ0n) is 13.7. The van der Waals surface area contributed by atoms with Gasteiger partial charge in [0, 0.05) is 24.8 Å². The van der Waals surface area contributed by atoms with E-state index in [1.165, 1.54) is 6.07 Å². The van der Waals surface area contributed by atoms with Crippen molar-refractivity contribution in [2.24, 2.45) is 5.92 Å². The Morgan fingerprint density at radius 3 is 2.79 bits per heavy atom. The Morgan fingerprint density at radius 1 is 1.33 bits per heavy atom. The maximum atomic E-state index is 12.0. The predicted octanol–water partition coefficient (Wildman–Crippen LogP) is 2.36. The summed E-state index contributed by atoms with van der Waals surface area (Å²) in [6.07, 6.45) is 0.833. The van der Waals surface area contributed by atoms with Gasteiger partial charge in [-0.1, -0.05) is 26.0 Å². The topological polar surface area (TPSA) is 113 Å². The fourth-order valence-corrected chi connectivity index (χ4v) is 2.27. The first kappa shape index (κ1) is 17.5. The molecule has 24 heavy (non-hydrogen) atoms. The largest absolute Gasteiger partial charge is 0.378 e. The lowest BCUT2D eigenvalue weighted by Crippen LogP contribution is -2.29. The number of benzene rings is 1. The number of hydrogen-bond acceptors (Lipinski definition) is 5. The van der Waals surface area contributed by atoms with Crippen molar-refractivity contribution in [1.82, 2.24) is 15.5 Å². The van der Waals surface area contributed by atoms with Gasteiger partial charge in [0.25, 0.3) is 11.6 Å². The van der Waals surface area contributed by atoms with Crippen molar-refractivity contribution in [1.29, 1.82) is 0 Å². The highest BCUT2D eigenvalue weighted by Gasteiger charge is 2.13. The maximum Gasteiger partial charge on any atom is 0.292 e. The number of nitro groups is 1. The summed E-state index contributed by atoms with van der Waals surface area (Å²) in [5, 5.41) is 23.4. The van der Waals surface area contributed by atoms with Gasteiger partial charge < -0.3 is 10.6 Å². The van der Waals surface area contributed by atoms with E-state index >= 15 is 0 Å². The minimum absolute atomic E-state index is 0.00875. The Labute approximate surface area is 139 Å². The zero-order chi connectivity index (χ0) is 17.5. The molecular weight excluding hydrogens is 310 g/mol. The third kappa shape index (κ3) is 4.80. The molecule has 0 aliphatic carbocycles. The molecule has 8 heteroatoms. The number of nitrogens with one attached hydrogen (secondary N) is 3. The van der Waals surface area contributed by atoms with Crippen molar-refractivity contribution in [3.63, 3.8) is 0 Å². The lowest BCUT2D eigenvalue weighted by atomic mass is 10.1. The lowest BCUT2D eigenvalue weighted by molar-refractivity contribution is -0.384. The number of rotatable bonds is 8. The standard InChI is InChI=1S/C16H21N5O3/c1-11(2)9-12-10-14(20-19-12)16(22)18-8-7-17-13-5-3-4-6-15(13)21(23)24/h3-6,10-11,17H,7-9H2,1-2H3,(H,18,22)(H,19,20). The van der Waals surface area contributed by atoms with Gasteiger partial charge in [0.05, 0.1) is 4.92 Å². The summed E-state index contributed by atoms with van der Waals surface area (Å²) >= 11 is 0. The van der Waals surface area contributed by atoms with Gasteiger partial charge in [-0.3, -0.25) is 20.0 Å². The molecule has 1 aromatic carbocycles. The van der Waals surface area contributed by atoms with Crippen LogP contribution in [-0.2, 0) is 6.42 Å². The molecule has 0 spiro atoms. The van der Waals surface area contributed by atoms with Crippen molar-refractivity contribution in [2.45, 2.75) is 20.3 Å². The quantitative estimate of drug-likeness (QED) is 0.390. The van der Waals surface area contributed by atoms with Gasteiger partial charge in [0.2, 0.25) is 0 Å². The van der Waals surface area contributed by atoms with Crippen molar-refractivity contribution < 1.29 is 9.72 Å². The van der Waals surface area contributed by atoms with Crippen molar-refractivity contribution in [2.75, 3.05) is 18.4 Å². The molecule has 0 radical (unpaired) electrons. The third-order valence-electron chi connectivity index (χ3n) is 3.32. The molecule has 0 saturated carbocycles. The number of H-pyrrole nitrogens is 1. The highest BCUT2D eigenvalue weighted by atomic mass is 16.6. The Kier molecular flexibility index (Phi) is 5.89. The molecule has 1 heterocycles. The molecule has 0 unspecified atom stereocenters. The van der Waals surface area contributed by atoms with Crippen molar-refractivity contribution in [3.05, 3.63) is 51.8 Å². The summed E-state index contributed by atoms with van der Waals surface area (Å²) in [4.78, 5) is 22.5. The van der Waals surface area contributed by atoms with Crippen LogP contribution in [0.15, 0.2) is 30.3 Å². The van der Waals surface area contributed by atoms with E-state index in [0.29, 0.717) is 30.4 Å². The molecule has 8 nitrogen and oxygen atoms in total. The third-order valence-corrected chi connectivity index (χ3v) is 3.32. The molecule has 1 aromatic heterocycles. The average Bonchev–Trinajstić information content (AvgIpc) is 2.99. The van der Waals surface area contributed by atoms with Crippen molar-refractivity contribution >= 4 is 17.3 Å². The Bertz CT molecular complexity index is 711. The fourth-order valence-electron chi connectivity index (χ4n) is 2.27. The second kappa shape index (κ2) is 8.09. The van der Waals surface area contributed by atoms with Crippen LogP contribution in [0.4, 0.5) is 11.4 Å². The fraction of sp³-hybridized carbons (Fsp3) is 0.375. The SMILES string of the molecule is CC(C)Cc1cc(C(=O)NCCNc2ccccc2[N+](=O)[O-])n[nH]1. The zero-order valence-corrected chi connectivity index (χ0v) is 13.7. The Morgan fingerprint density at radius 2 is 2.08 bits per heavy atom. The monoisotopic (exact) mass is 331 g/mol. The highest BCUT2D eigenvalue weighted by Crippen LogP contribution is 2.22. The van der Waals surface area contributed by atoms with E-state index in [2.05, 4.69) is 34.7 Å². The number of carbonyl (C=O) groups excluding carboxylic acids is 1. The summed E-state index contributed by atoms with van der Waals surface area (Å²) in [5.41, 5.74) is 1.70. The first-order valence-corrected chi connectivity index (χ1v) is 7.77. The van der Waals surface area contributed by atoms with Gasteiger partial charge in [0.1, 0.15) is 11.4 Å². The minimum atomic E-state index is -0.444. The van der Waals surface area contributed by atoms with Crippen LogP contribution in [0.25, 0.3) is 0 Å². The predicted molar refractivity (Wildman–Crippen MR) is 91.0 cm³/mol. The molecule has 0 saturated heterocycles. The molecule has 1 amide bonds. The van der Waals surface area contributed by atoms with Crippen LogP contribution in [-0.4, -0.2) is 34.1 Å². The van der Waals surface area contributed by atoms with Crippen LogP contribution in [0.3, 0.4) is 0 Å². The number of aromatic nitrogens is 2. The number of nitrogens with zero attached hydrogens (tertiary/aromatic N) is 2. The number of aromatic amines is 1. The molecule has 2 rings (SSSR count).